The molecular formula is C17H20FN3. The van der Waals surface area contributed by atoms with Crippen LogP contribution in [-0.4, -0.2) is 26.2 Å². The molecule has 0 radical (unpaired) electrons. The summed E-state index contributed by atoms with van der Waals surface area (Å²) in [6.07, 6.45) is 0. The highest BCUT2D eigenvalue weighted by Crippen LogP contribution is 2.23. The first kappa shape index (κ1) is 13.7. The number of nitrogen functional groups attached to an aromatic ring is 1. The third kappa shape index (κ3) is 2.94. The number of aryl methyl sites for hydroxylation is 1. The Morgan fingerprint density at radius 2 is 1.38 bits per heavy atom. The zero-order valence-corrected chi connectivity index (χ0v) is 12.2. The summed E-state index contributed by atoms with van der Waals surface area (Å²) in [5.74, 6) is -0.185. The normalized spacial score (nSPS) is 15.3. The predicted octanol–water partition coefficient (Wildman–Crippen LogP) is 3.04. The summed E-state index contributed by atoms with van der Waals surface area (Å²) in [5, 5.41) is 0. The number of anilines is 3. The van der Waals surface area contributed by atoms with E-state index in [0.717, 1.165) is 43.1 Å². The van der Waals surface area contributed by atoms with Crippen molar-refractivity contribution in [1.29, 1.82) is 0 Å². The molecular weight excluding hydrogens is 265 g/mol. The van der Waals surface area contributed by atoms with Crippen molar-refractivity contribution in [2.45, 2.75) is 6.92 Å². The molecule has 1 aliphatic rings. The Morgan fingerprint density at radius 1 is 0.857 bits per heavy atom. The molecule has 1 fully saturated rings. The summed E-state index contributed by atoms with van der Waals surface area (Å²) in [4.78, 5) is 4.66. The molecule has 3 nitrogen and oxygen atoms in total. The number of piperazine rings is 1. The fourth-order valence-corrected chi connectivity index (χ4v) is 2.73. The fourth-order valence-electron chi connectivity index (χ4n) is 2.73. The van der Waals surface area contributed by atoms with Crippen molar-refractivity contribution in [3.63, 3.8) is 0 Å². The quantitative estimate of drug-likeness (QED) is 0.861. The van der Waals surface area contributed by atoms with Gasteiger partial charge in [0, 0.05) is 43.2 Å². The highest BCUT2D eigenvalue weighted by molar-refractivity contribution is 5.59. The maximum absolute atomic E-state index is 13.0. The lowest BCUT2D eigenvalue weighted by Crippen LogP contribution is -2.46. The van der Waals surface area contributed by atoms with E-state index in [2.05, 4.69) is 21.9 Å². The molecule has 0 unspecified atom stereocenters. The number of nitrogens with two attached hydrogens (primary N) is 1. The Bertz CT molecular complexity index is 616. The molecule has 2 aromatic carbocycles. The van der Waals surface area contributed by atoms with Gasteiger partial charge in [0.1, 0.15) is 5.82 Å². The van der Waals surface area contributed by atoms with Gasteiger partial charge in [-0.2, -0.15) is 0 Å². The summed E-state index contributed by atoms with van der Waals surface area (Å²) < 4.78 is 13.0. The molecule has 0 bridgehead atoms. The van der Waals surface area contributed by atoms with Crippen molar-refractivity contribution in [3.8, 4) is 0 Å². The minimum Gasteiger partial charge on any atom is -0.399 e. The average Bonchev–Trinajstić information content (AvgIpc) is 2.51. The first-order valence-corrected chi connectivity index (χ1v) is 7.25. The van der Waals surface area contributed by atoms with Gasteiger partial charge in [0.25, 0.3) is 0 Å². The van der Waals surface area contributed by atoms with Crippen LogP contribution >= 0.6 is 0 Å². The van der Waals surface area contributed by atoms with Crippen molar-refractivity contribution in [3.05, 3.63) is 53.8 Å². The van der Waals surface area contributed by atoms with Gasteiger partial charge in [-0.05, 0) is 55.0 Å². The Labute approximate surface area is 124 Å². The van der Waals surface area contributed by atoms with Crippen LogP contribution < -0.4 is 15.5 Å². The smallest absolute Gasteiger partial charge is 0.123 e. The van der Waals surface area contributed by atoms with Crippen molar-refractivity contribution in [2.75, 3.05) is 41.7 Å². The number of nitrogens with zero attached hydrogens (tertiary/aromatic N) is 2. The van der Waals surface area contributed by atoms with Crippen molar-refractivity contribution < 1.29 is 4.39 Å². The largest absolute Gasteiger partial charge is 0.399 e. The standard InChI is InChI=1S/C17H20FN3/c1-13-12-16(6-7-17(13)19)21-10-8-20(9-11-21)15-4-2-14(18)3-5-15/h2-7,12H,8-11,19H2,1H3. The van der Waals surface area contributed by atoms with Crippen LogP contribution in [0.1, 0.15) is 5.56 Å². The lowest BCUT2D eigenvalue weighted by atomic mass is 10.1. The van der Waals surface area contributed by atoms with E-state index in [9.17, 15) is 4.39 Å². The van der Waals surface area contributed by atoms with Crippen LogP contribution in [0.3, 0.4) is 0 Å². The van der Waals surface area contributed by atoms with Crippen LogP contribution in [0.25, 0.3) is 0 Å². The SMILES string of the molecule is Cc1cc(N2CCN(c3ccc(F)cc3)CC2)ccc1N. The maximum Gasteiger partial charge on any atom is 0.123 e. The molecule has 0 atom stereocenters. The predicted molar refractivity (Wildman–Crippen MR) is 86.4 cm³/mol. The zero-order valence-electron chi connectivity index (χ0n) is 12.2. The molecule has 110 valence electrons. The summed E-state index contributed by atoms with van der Waals surface area (Å²) >= 11 is 0. The molecule has 2 N–H and O–H groups in total. The van der Waals surface area contributed by atoms with E-state index in [1.165, 1.54) is 17.8 Å². The van der Waals surface area contributed by atoms with Gasteiger partial charge in [0.05, 0.1) is 0 Å². The van der Waals surface area contributed by atoms with Gasteiger partial charge in [0.2, 0.25) is 0 Å². The third-order valence-electron chi connectivity index (χ3n) is 4.09. The Morgan fingerprint density at radius 3 is 1.95 bits per heavy atom. The lowest BCUT2D eigenvalue weighted by molar-refractivity contribution is 0.625. The van der Waals surface area contributed by atoms with E-state index >= 15 is 0 Å². The maximum atomic E-state index is 13.0. The first-order chi connectivity index (χ1) is 10.1. The minimum absolute atomic E-state index is 0.185. The van der Waals surface area contributed by atoms with Crippen LogP contribution in [0.4, 0.5) is 21.5 Å². The second kappa shape index (κ2) is 5.64. The highest BCUT2D eigenvalue weighted by atomic mass is 19.1. The second-order valence-corrected chi connectivity index (χ2v) is 5.49. The van der Waals surface area contributed by atoms with Gasteiger partial charge in [-0.25, -0.2) is 4.39 Å². The number of hydrogen-bond donors (Lipinski definition) is 1. The van der Waals surface area contributed by atoms with Gasteiger partial charge in [0.15, 0.2) is 0 Å². The van der Waals surface area contributed by atoms with Crippen LogP contribution in [-0.2, 0) is 0 Å². The number of halogens is 1. The molecule has 1 aliphatic heterocycles. The highest BCUT2D eigenvalue weighted by Gasteiger charge is 2.17. The van der Waals surface area contributed by atoms with E-state index < -0.39 is 0 Å². The van der Waals surface area contributed by atoms with E-state index in [1.807, 2.05) is 25.1 Å². The summed E-state index contributed by atoms with van der Waals surface area (Å²) in [6, 6.07) is 12.9. The molecule has 0 spiro atoms. The number of benzene rings is 2. The molecule has 21 heavy (non-hydrogen) atoms. The summed E-state index contributed by atoms with van der Waals surface area (Å²) in [5.41, 5.74) is 10.1. The van der Waals surface area contributed by atoms with E-state index in [-0.39, 0.29) is 5.82 Å². The molecule has 0 amide bonds. The molecule has 2 aromatic rings. The van der Waals surface area contributed by atoms with E-state index in [0.29, 0.717) is 0 Å². The fraction of sp³-hybridized carbons (Fsp3) is 0.294. The van der Waals surface area contributed by atoms with Crippen LogP contribution in [0.15, 0.2) is 42.5 Å². The van der Waals surface area contributed by atoms with Crippen molar-refractivity contribution in [2.24, 2.45) is 0 Å². The van der Waals surface area contributed by atoms with Crippen LogP contribution in [0, 0.1) is 12.7 Å². The molecule has 0 aliphatic carbocycles. The minimum atomic E-state index is -0.185. The van der Waals surface area contributed by atoms with Gasteiger partial charge in [-0.15, -0.1) is 0 Å². The second-order valence-electron chi connectivity index (χ2n) is 5.49. The topological polar surface area (TPSA) is 32.5 Å². The molecule has 0 saturated carbocycles. The molecule has 1 saturated heterocycles. The first-order valence-electron chi connectivity index (χ1n) is 7.25. The number of hydrogen-bond acceptors (Lipinski definition) is 3. The van der Waals surface area contributed by atoms with Crippen LogP contribution in [0.5, 0.6) is 0 Å². The zero-order chi connectivity index (χ0) is 14.8. The third-order valence-corrected chi connectivity index (χ3v) is 4.09. The van der Waals surface area contributed by atoms with Gasteiger partial charge < -0.3 is 15.5 Å². The Kier molecular flexibility index (Phi) is 3.69. The Balaban J connectivity index is 1.67. The average molecular weight is 285 g/mol. The van der Waals surface area contributed by atoms with E-state index in [1.54, 1.807) is 0 Å². The lowest BCUT2D eigenvalue weighted by Gasteiger charge is -2.37. The van der Waals surface area contributed by atoms with Gasteiger partial charge >= 0.3 is 0 Å². The van der Waals surface area contributed by atoms with Gasteiger partial charge in [-0.3, -0.25) is 0 Å². The van der Waals surface area contributed by atoms with Crippen LogP contribution in [0.2, 0.25) is 0 Å². The molecule has 1 heterocycles. The summed E-state index contributed by atoms with van der Waals surface area (Å²) in [6.45, 7) is 5.83. The summed E-state index contributed by atoms with van der Waals surface area (Å²) in [7, 11) is 0. The molecule has 3 rings (SSSR count). The molecule has 0 aromatic heterocycles. The van der Waals surface area contributed by atoms with Gasteiger partial charge in [-0.1, -0.05) is 0 Å². The monoisotopic (exact) mass is 285 g/mol. The Hall–Kier alpha value is -2.23. The van der Waals surface area contributed by atoms with E-state index in [4.69, 9.17) is 5.73 Å². The molecule has 4 heteroatoms. The number of rotatable bonds is 2. The van der Waals surface area contributed by atoms with Crippen molar-refractivity contribution >= 4 is 17.1 Å². The van der Waals surface area contributed by atoms with Crippen molar-refractivity contribution in [1.82, 2.24) is 0 Å².